The van der Waals surface area contributed by atoms with E-state index in [1.807, 2.05) is 0 Å². The van der Waals surface area contributed by atoms with Crippen molar-refractivity contribution in [1.82, 2.24) is 0 Å². The number of nitrogens with zero attached hydrogens (tertiary/aromatic N) is 1. The third-order valence-electron chi connectivity index (χ3n) is 5.26. The predicted octanol–water partition coefficient (Wildman–Crippen LogP) is 5.92. The second-order valence-corrected chi connectivity index (χ2v) is 13.6. The van der Waals surface area contributed by atoms with Crippen LogP contribution in [0.4, 0.5) is 0 Å². The maximum absolute atomic E-state index is 8.96. The molecule has 4 aromatic carbocycles. The van der Waals surface area contributed by atoms with Crippen molar-refractivity contribution in [2.75, 3.05) is 25.4 Å². The van der Waals surface area contributed by atoms with Gasteiger partial charge in [-0.15, -0.1) is 13.1 Å². The van der Waals surface area contributed by atoms with Gasteiger partial charge in [-0.2, -0.15) is 0 Å². The molecule has 0 saturated heterocycles. The molecule has 0 radical (unpaired) electrons. The van der Waals surface area contributed by atoms with E-state index < -0.39 is 15.7 Å². The van der Waals surface area contributed by atoms with Gasteiger partial charge >= 0.3 is 34.6 Å². The number of benzene rings is 4. The molecule has 0 heterocycles. The molecule has 6 heteroatoms. The maximum Gasteiger partial charge on any atom is -0.0196 e. The summed E-state index contributed by atoms with van der Waals surface area (Å²) in [5.41, 5.74) is 0. The first-order chi connectivity index (χ1) is 17.3. The fraction of sp³-hybridized carbons (Fsp3) is 0.138. The van der Waals surface area contributed by atoms with Gasteiger partial charge in [-0.1, -0.05) is 121 Å². The first-order valence-corrected chi connectivity index (χ1v) is 17.5. The van der Waals surface area contributed by atoms with Crippen LogP contribution in [0, 0.1) is 0 Å². The zero-order valence-electron chi connectivity index (χ0n) is 19.4. The fourth-order valence-corrected chi connectivity index (χ4v) is 8.14. The monoisotopic (exact) mass is 605 g/mol. The van der Waals surface area contributed by atoms with Gasteiger partial charge in [0.1, 0.15) is 0 Å². The Morgan fingerprint density at radius 1 is 0.571 bits per heavy atom. The Morgan fingerprint density at radius 2 is 0.829 bits per heavy atom. The van der Waals surface area contributed by atoms with Gasteiger partial charge in [-0.25, -0.2) is 0 Å². The van der Waals surface area contributed by atoms with E-state index in [0.717, 1.165) is 25.4 Å². The summed E-state index contributed by atoms with van der Waals surface area (Å²) in [4.78, 5) is 8.96. The van der Waals surface area contributed by atoms with Crippen molar-refractivity contribution in [3.8, 4) is 0 Å². The van der Waals surface area contributed by atoms with Crippen molar-refractivity contribution in [1.29, 1.82) is 0 Å². The maximum atomic E-state index is 8.96. The van der Waals surface area contributed by atoms with Crippen LogP contribution in [-0.4, -0.2) is 29.9 Å². The largest absolute Gasteiger partial charge is 0.662 e. The number of halogens is 1. The molecule has 0 N–H and O–H groups in total. The Balaban J connectivity index is 0.000000795. The molecule has 0 saturated carbocycles. The average molecular weight is 605 g/mol. The van der Waals surface area contributed by atoms with Gasteiger partial charge in [0.2, 0.25) is 0 Å². The summed E-state index contributed by atoms with van der Waals surface area (Å²) in [5, 5.41) is 10.7. The van der Waals surface area contributed by atoms with Crippen LogP contribution in [0.1, 0.15) is 0 Å². The number of carbonyl (C=O) groups excluding carboxylic acids is 1. The Morgan fingerprint density at radius 3 is 1.06 bits per heavy atom. The Kier molecular flexibility index (Phi) is 13.3. The molecule has 0 amide bonds. The smallest absolute Gasteiger partial charge is 0.0196 e. The van der Waals surface area contributed by atoms with Gasteiger partial charge in [-0.3, -0.25) is 0 Å². The van der Waals surface area contributed by atoms with Crippen molar-refractivity contribution < 1.29 is 20.5 Å². The minimum Gasteiger partial charge on any atom is -0.662 e. The van der Waals surface area contributed by atoms with Crippen molar-refractivity contribution >= 4 is 51.2 Å². The molecular weight excluding hydrogens is 577 g/mol. The Hall–Kier alpha value is -1.81. The Labute approximate surface area is 222 Å². The molecule has 4 aromatic rings. The van der Waals surface area contributed by atoms with Gasteiger partial charge in [-0.05, 0) is 49.4 Å². The van der Waals surface area contributed by atoms with Gasteiger partial charge in [0.15, 0.2) is 0 Å². The van der Waals surface area contributed by atoms with Gasteiger partial charge in [0.05, 0.1) is 0 Å². The fourth-order valence-electron chi connectivity index (χ4n) is 3.70. The quantitative estimate of drug-likeness (QED) is 0.126. The normalized spacial score (nSPS) is 10.5. The minimum atomic E-state index is -0.594. The minimum absolute atomic E-state index is 0.359. The summed E-state index contributed by atoms with van der Waals surface area (Å²) in [5.74, 6) is 0. The molecule has 2 nitrogen and oxygen atoms in total. The summed E-state index contributed by atoms with van der Waals surface area (Å²) >= 11 is -0.594. The van der Waals surface area contributed by atoms with Crippen LogP contribution in [0.15, 0.2) is 121 Å². The van der Waals surface area contributed by atoms with E-state index in [2.05, 4.69) is 121 Å². The second-order valence-electron chi connectivity index (χ2n) is 7.46. The zero-order chi connectivity index (χ0) is 24.6. The number of hydrogen-bond donors (Lipinski definition) is 0. The van der Waals surface area contributed by atoms with Crippen molar-refractivity contribution in [3.63, 3.8) is 0 Å². The number of rotatable bonds is 10. The van der Waals surface area contributed by atoms with E-state index in [9.17, 15) is 0 Å². The molecule has 0 bridgehead atoms. The van der Waals surface area contributed by atoms with E-state index >= 15 is 0 Å². The zero-order valence-corrected chi connectivity index (χ0v) is 23.6. The SMILES string of the molecule is O=[C]=[Ru][Cl].c1ccc(P(CC[N-]CCP(c2ccccc2)c2ccccc2)c2ccccc2)cc1. The van der Waals surface area contributed by atoms with Crippen LogP contribution in [0.5, 0.6) is 0 Å². The second kappa shape index (κ2) is 16.8. The third-order valence-corrected chi connectivity index (χ3v) is 10.7. The van der Waals surface area contributed by atoms with Crippen LogP contribution >= 0.6 is 25.5 Å². The first kappa shape index (κ1) is 27.8. The predicted molar refractivity (Wildman–Crippen MR) is 153 cm³/mol. The summed E-state index contributed by atoms with van der Waals surface area (Å²) in [7, 11) is 4.13. The molecule has 4 rings (SSSR count). The van der Waals surface area contributed by atoms with Crippen molar-refractivity contribution in [2.24, 2.45) is 0 Å². The van der Waals surface area contributed by atoms with E-state index in [4.69, 9.17) is 19.8 Å². The molecule has 0 aromatic heterocycles. The molecule has 0 aliphatic carbocycles. The molecular formula is C29H28ClNOP2Ru-. The Bertz CT molecular complexity index is 980. The van der Waals surface area contributed by atoms with Crippen molar-refractivity contribution in [3.05, 3.63) is 127 Å². The standard InChI is InChI=1S/C28H28NP2.CO.ClH.Ru/c1-5-13-25(14-6-1)30(26-15-7-2-8-16-26)23-21-29-22-24-31(27-17-9-3-10-18-27)28-19-11-4-12-20-28;1-2;;/h1-20H,21-24H2;;1H;/q-1;;;+1/p-1. The van der Waals surface area contributed by atoms with Gasteiger partial charge in [0, 0.05) is 0 Å². The molecule has 0 aliphatic heterocycles. The van der Waals surface area contributed by atoms with Gasteiger partial charge < -0.3 is 5.32 Å². The van der Waals surface area contributed by atoms with Crippen LogP contribution in [-0.2, 0) is 20.5 Å². The molecule has 0 unspecified atom stereocenters. The van der Waals surface area contributed by atoms with E-state index in [-0.39, 0.29) is 15.8 Å². The average Bonchev–Trinajstić information content (AvgIpc) is 2.95. The summed E-state index contributed by atoms with van der Waals surface area (Å²) in [6.45, 7) is 1.84. The molecule has 0 atom stereocenters. The summed E-state index contributed by atoms with van der Waals surface area (Å²) in [6.07, 6.45) is 2.22. The first-order valence-electron chi connectivity index (χ1n) is 11.3. The molecule has 0 spiro atoms. The van der Waals surface area contributed by atoms with Crippen LogP contribution < -0.4 is 21.2 Å². The van der Waals surface area contributed by atoms with E-state index in [1.54, 1.807) is 0 Å². The molecule has 35 heavy (non-hydrogen) atoms. The van der Waals surface area contributed by atoms with E-state index in [0.29, 0.717) is 0 Å². The summed E-state index contributed by atoms with van der Waals surface area (Å²) in [6, 6.07) is 43.7. The van der Waals surface area contributed by atoms with Crippen LogP contribution in [0.25, 0.3) is 5.32 Å². The summed E-state index contributed by atoms with van der Waals surface area (Å²) < 4.78 is 1.54. The van der Waals surface area contributed by atoms with E-state index in [1.165, 1.54) is 25.7 Å². The van der Waals surface area contributed by atoms with Crippen LogP contribution in [0.3, 0.4) is 0 Å². The third kappa shape index (κ3) is 9.63. The van der Waals surface area contributed by atoms with Crippen LogP contribution in [0.2, 0.25) is 0 Å². The molecule has 0 aliphatic rings. The van der Waals surface area contributed by atoms with Crippen molar-refractivity contribution in [2.45, 2.75) is 0 Å². The topological polar surface area (TPSA) is 31.2 Å². The number of hydrogen-bond acceptors (Lipinski definition) is 1. The van der Waals surface area contributed by atoms with Gasteiger partial charge in [0.25, 0.3) is 0 Å². The molecule has 0 fully saturated rings. The molecule has 181 valence electrons.